The van der Waals surface area contributed by atoms with Crippen LogP contribution in [0, 0.1) is 18.8 Å². The van der Waals surface area contributed by atoms with Gasteiger partial charge in [0.1, 0.15) is 12.7 Å². The number of alkyl halides is 4. The van der Waals surface area contributed by atoms with Crippen LogP contribution in [0.25, 0.3) is 10.9 Å². The fourth-order valence-corrected chi connectivity index (χ4v) is 3.69. The second-order valence-electron chi connectivity index (χ2n) is 6.84. The van der Waals surface area contributed by atoms with Crippen LogP contribution in [0.5, 0.6) is 0 Å². The number of fused-ring (bicyclic) bond motifs is 1. The summed E-state index contributed by atoms with van der Waals surface area (Å²) in [5, 5.41) is 6.90. The van der Waals surface area contributed by atoms with Gasteiger partial charge in [-0.25, -0.2) is 4.39 Å². The Hall–Kier alpha value is -2.20. The van der Waals surface area contributed by atoms with Crippen LogP contribution in [-0.2, 0) is 6.54 Å². The Balaban J connectivity index is 1.95. The van der Waals surface area contributed by atoms with Gasteiger partial charge in [0.2, 0.25) is 0 Å². The van der Waals surface area contributed by atoms with Crippen LogP contribution in [0.2, 0.25) is 0 Å². The SMILES string of the molecule is [CH2]C#Cc1cc2c(NC3CCC(NC)CC3F)cccc2n1CC(F)(F)F. The van der Waals surface area contributed by atoms with Gasteiger partial charge < -0.3 is 15.2 Å². The molecule has 27 heavy (non-hydrogen) atoms. The van der Waals surface area contributed by atoms with E-state index in [2.05, 4.69) is 29.4 Å². The Bertz CT molecular complexity index is 860. The van der Waals surface area contributed by atoms with Crippen LogP contribution in [0.3, 0.4) is 0 Å². The zero-order valence-corrected chi connectivity index (χ0v) is 15.0. The molecule has 0 aliphatic heterocycles. The highest BCUT2D eigenvalue weighted by atomic mass is 19.4. The lowest BCUT2D eigenvalue weighted by Crippen LogP contribution is -2.42. The highest BCUT2D eigenvalue weighted by Crippen LogP contribution is 2.32. The van der Waals surface area contributed by atoms with Gasteiger partial charge in [0.15, 0.2) is 0 Å². The van der Waals surface area contributed by atoms with Crippen molar-refractivity contribution >= 4 is 16.6 Å². The number of nitrogens with one attached hydrogen (secondary N) is 2. The third-order valence-electron chi connectivity index (χ3n) is 5.02. The Morgan fingerprint density at radius 1 is 1.30 bits per heavy atom. The topological polar surface area (TPSA) is 29.0 Å². The third kappa shape index (κ3) is 4.38. The number of anilines is 1. The first-order valence-electron chi connectivity index (χ1n) is 8.87. The summed E-state index contributed by atoms with van der Waals surface area (Å²) >= 11 is 0. The lowest BCUT2D eigenvalue weighted by Gasteiger charge is -2.32. The van der Waals surface area contributed by atoms with Crippen molar-refractivity contribution in [3.05, 3.63) is 36.9 Å². The normalized spacial score (nSPS) is 23.1. The van der Waals surface area contributed by atoms with E-state index in [1.807, 2.05) is 7.05 Å². The smallest absolute Gasteiger partial charge is 0.379 e. The molecule has 3 unspecified atom stereocenters. The predicted octanol–water partition coefficient (Wildman–Crippen LogP) is 4.28. The van der Waals surface area contributed by atoms with E-state index in [-0.39, 0.29) is 17.8 Å². The summed E-state index contributed by atoms with van der Waals surface area (Å²) in [7, 11) is 1.82. The molecule has 2 aromatic rings. The molecule has 1 aromatic carbocycles. The molecule has 145 valence electrons. The summed E-state index contributed by atoms with van der Waals surface area (Å²) in [6.45, 7) is 2.27. The molecule has 2 N–H and O–H groups in total. The molecule has 1 radical (unpaired) electrons. The molecule has 0 saturated heterocycles. The molecule has 1 saturated carbocycles. The third-order valence-corrected chi connectivity index (χ3v) is 5.02. The Kier molecular flexibility index (Phi) is 5.66. The van der Waals surface area contributed by atoms with E-state index in [9.17, 15) is 17.6 Å². The molecular formula is C20H22F4N3. The minimum atomic E-state index is -4.37. The lowest BCUT2D eigenvalue weighted by atomic mass is 9.89. The van der Waals surface area contributed by atoms with Crippen LogP contribution < -0.4 is 10.6 Å². The largest absolute Gasteiger partial charge is 0.406 e. The van der Waals surface area contributed by atoms with Gasteiger partial charge in [-0.1, -0.05) is 12.0 Å². The van der Waals surface area contributed by atoms with Crippen molar-refractivity contribution < 1.29 is 17.6 Å². The number of halogens is 4. The fourth-order valence-electron chi connectivity index (χ4n) is 3.69. The summed E-state index contributed by atoms with van der Waals surface area (Å²) in [6.07, 6.45) is -3.49. The van der Waals surface area contributed by atoms with Crippen LogP contribution in [0.1, 0.15) is 25.0 Å². The molecule has 3 atom stereocenters. The van der Waals surface area contributed by atoms with Crippen LogP contribution >= 0.6 is 0 Å². The monoisotopic (exact) mass is 380 g/mol. The molecule has 7 heteroatoms. The molecule has 0 bridgehead atoms. The van der Waals surface area contributed by atoms with Gasteiger partial charge in [-0.05, 0) is 50.4 Å². The first-order valence-corrected chi connectivity index (χ1v) is 8.87. The minimum absolute atomic E-state index is 0.153. The van der Waals surface area contributed by atoms with Gasteiger partial charge in [-0.3, -0.25) is 0 Å². The standard InChI is InChI=1S/C20H22F4N3/c1-3-5-14-11-15-17(26-18-9-8-13(25-2)10-16(18)21)6-4-7-19(15)27(14)12-20(22,23)24/h4,6-7,11,13,16,18,25-26H,1,8-10,12H2,2H3. The summed E-state index contributed by atoms with van der Waals surface area (Å²) in [5.74, 6) is 5.05. The van der Waals surface area contributed by atoms with E-state index in [4.69, 9.17) is 0 Å². The number of aromatic nitrogens is 1. The molecule has 1 aliphatic carbocycles. The predicted molar refractivity (Wildman–Crippen MR) is 99.2 cm³/mol. The summed E-state index contributed by atoms with van der Waals surface area (Å²) in [4.78, 5) is 0. The van der Waals surface area contributed by atoms with Crippen molar-refractivity contribution in [2.75, 3.05) is 12.4 Å². The van der Waals surface area contributed by atoms with Gasteiger partial charge in [-0.2, -0.15) is 13.2 Å². The maximum Gasteiger partial charge on any atom is 0.406 e. The molecule has 3 rings (SSSR count). The summed E-state index contributed by atoms with van der Waals surface area (Å²) in [6, 6.07) is 6.44. The molecule has 0 spiro atoms. The molecule has 1 aromatic heterocycles. The van der Waals surface area contributed by atoms with Gasteiger partial charge >= 0.3 is 6.18 Å². The van der Waals surface area contributed by atoms with E-state index in [0.717, 1.165) is 11.0 Å². The molecule has 1 fully saturated rings. The number of hydrogen-bond acceptors (Lipinski definition) is 2. The summed E-state index contributed by atoms with van der Waals surface area (Å²) in [5.41, 5.74) is 1.27. The van der Waals surface area contributed by atoms with Crippen LogP contribution in [0.15, 0.2) is 24.3 Å². The van der Waals surface area contributed by atoms with Crippen molar-refractivity contribution in [3.8, 4) is 11.8 Å². The van der Waals surface area contributed by atoms with Crippen LogP contribution in [-0.4, -0.2) is 36.0 Å². The van der Waals surface area contributed by atoms with Crippen LogP contribution in [0.4, 0.5) is 23.2 Å². The van der Waals surface area contributed by atoms with Crippen molar-refractivity contribution in [1.82, 2.24) is 9.88 Å². The van der Waals surface area contributed by atoms with Crippen molar-refractivity contribution in [1.29, 1.82) is 0 Å². The van der Waals surface area contributed by atoms with Crippen molar-refractivity contribution in [2.24, 2.45) is 0 Å². The molecule has 1 heterocycles. The lowest BCUT2D eigenvalue weighted by molar-refractivity contribution is -0.140. The van der Waals surface area contributed by atoms with Gasteiger partial charge in [0.05, 0.1) is 17.3 Å². The van der Waals surface area contributed by atoms with Gasteiger partial charge in [0, 0.05) is 24.0 Å². The van der Waals surface area contributed by atoms with Gasteiger partial charge in [0.25, 0.3) is 0 Å². The highest BCUT2D eigenvalue weighted by molar-refractivity contribution is 5.94. The number of nitrogens with zero attached hydrogens (tertiary/aromatic N) is 1. The molecular weight excluding hydrogens is 358 g/mol. The quantitative estimate of drug-likeness (QED) is 0.612. The van der Waals surface area contributed by atoms with Crippen molar-refractivity contribution in [3.63, 3.8) is 0 Å². The second kappa shape index (κ2) is 7.81. The van der Waals surface area contributed by atoms with Crippen molar-refractivity contribution in [2.45, 2.75) is 50.2 Å². The first kappa shape index (κ1) is 19.6. The van der Waals surface area contributed by atoms with E-state index in [1.54, 1.807) is 24.3 Å². The minimum Gasteiger partial charge on any atom is -0.379 e. The zero-order chi connectivity index (χ0) is 19.6. The summed E-state index contributed by atoms with van der Waals surface area (Å²) < 4.78 is 54.7. The Labute approximate surface area is 156 Å². The zero-order valence-electron chi connectivity index (χ0n) is 15.0. The second-order valence-corrected chi connectivity index (χ2v) is 6.84. The Morgan fingerprint density at radius 2 is 2.07 bits per heavy atom. The van der Waals surface area contributed by atoms with Gasteiger partial charge in [-0.15, -0.1) is 0 Å². The Morgan fingerprint density at radius 3 is 2.70 bits per heavy atom. The first-order chi connectivity index (χ1) is 12.8. The maximum absolute atomic E-state index is 14.5. The molecule has 0 amide bonds. The number of benzene rings is 1. The maximum atomic E-state index is 14.5. The molecule has 1 aliphatic rings. The average molecular weight is 380 g/mol. The van der Waals surface area contributed by atoms with E-state index in [0.29, 0.717) is 29.4 Å². The molecule has 3 nitrogen and oxygen atoms in total. The van der Waals surface area contributed by atoms with E-state index in [1.165, 1.54) is 0 Å². The highest BCUT2D eigenvalue weighted by Gasteiger charge is 2.32. The average Bonchev–Trinajstić information content (AvgIpc) is 2.94. The van der Waals surface area contributed by atoms with E-state index >= 15 is 0 Å². The number of rotatable bonds is 4. The number of hydrogen-bond donors (Lipinski definition) is 2. The fraction of sp³-hybridized carbons (Fsp3) is 0.450. The van der Waals surface area contributed by atoms with E-state index < -0.39 is 18.9 Å².